The van der Waals surface area contributed by atoms with E-state index in [0.29, 0.717) is 6.61 Å². The Morgan fingerprint density at radius 3 is 2.54 bits per heavy atom. The highest BCUT2D eigenvalue weighted by Crippen LogP contribution is 2.26. The number of para-hydroxylation sites is 2. The van der Waals surface area contributed by atoms with Gasteiger partial charge in [-0.15, -0.1) is 0 Å². The summed E-state index contributed by atoms with van der Waals surface area (Å²) in [4.78, 5) is 15.0. The Morgan fingerprint density at radius 1 is 1.15 bits per heavy atom. The molecule has 0 unspecified atom stereocenters. The molecule has 0 radical (unpaired) electrons. The Labute approximate surface area is 160 Å². The third-order valence-corrected chi connectivity index (χ3v) is 4.97. The standard InChI is InChI=1S/C21H25ClN2O2/c1-2-26-20-6-4-3-5-19(20)23-21(25)17-11-13-24(14-12-17)15-16-7-9-18(22)10-8-16/h3-10,17H,2,11-15H2,1H3,(H,23,25). The van der Waals surface area contributed by atoms with Crippen molar-refractivity contribution >= 4 is 23.2 Å². The van der Waals surface area contributed by atoms with Crippen LogP contribution >= 0.6 is 11.6 Å². The molecular formula is C21H25ClN2O2. The van der Waals surface area contributed by atoms with Gasteiger partial charge in [0.15, 0.2) is 0 Å². The fraction of sp³-hybridized carbons (Fsp3) is 0.381. The van der Waals surface area contributed by atoms with Crippen LogP contribution in [0.15, 0.2) is 48.5 Å². The van der Waals surface area contributed by atoms with Crippen molar-refractivity contribution < 1.29 is 9.53 Å². The first kappa shape index (κ1) is 18.7. The van der Waals surface area contributed by atoms with E-state index in [2.05, 4.69) is 22.3 Å². The molecule has 1 aliphatic rings. The molecule has 2 aromatic rings. The van der Waals surface area contributed by atoms with Crippen LogP contribution in [-0.2, 0) is 11.3 Å². The summed E-state index contributed by atoms with van der Waals surface area (Å²) in [5.74, 6) is 0.859. The predicted octanol–water partition coefficient (Wildman–Crippen LogP) is 4.59. The number of hydrogen-bond acceptors (Lipinski definition) is 3. The van der Waals surface area contributed by atoms with E-state index in [4.69, 9.17) is 16.3 Å². The van der Waals surface area contributed by atoms with Crippen molar-refractivity contribution in [2.75, 3.05) is 25.0 Å². The zero-order valence-corrected chi connectivity index (χ0v) is 15.8. The van der Waals surface area contributed by atoms with Crippen LogP contribution in [0.4, 0.5) is 5.69 Å². The van der Waals surface area contributed by atoms with E-state index in [9.17, 15) is 4.79 Å². The summed E-state index contributed by atoms with van der Waals surface area (Å²) in [7, 11) is 0. The number of nitrogens with one attached hydrogen (secondary N) is 1. The molecule has 0 aliphatic carbocycles. The fourth-order valence-electron chi connectivity index (χ4n) is 3.29. The van der Waals surface area contributed by atoms with Gasteiger partial charge in [-0.3, -0.25) is 9.69 Å². The second kappa shape index (κ2) is 9.06. The maximum absolute atomic E-state index is 12.6. The summed E-state index contributed by atoms with van der Waals surface area (Å²) in [6.45, 7) is 5.27. The van der Waals surface area contributed by atoms with Gasteiger partial charge in [0, 0.05) is 17.5 Å². The molecule has 5 heteroatoms. The van der Waals surface area contributed by atoms with Gasteiger partial charge in [0.1, 0.15) is 5.75 Å². The molecule has 0 saturated carbocycles. The molecule has 0 spiro atoms. The van der Waals surface area contributed by atoms with E-state index in [1.165, 1.54) is 5.56 Å². The van der Waals surface area contributed by atoms with Gasteiger partial charge in [0.2, 0.25) is 5.91 Å². The molecule has 0 atom stereocenters. The molecule has 26 heavy (non-hydrogen) atoms. The van der Waals surface area contributed by atoms with E-state index in [1.54, 1.807) is 0 Å². The third kappa shape index (κ3) is 4.99. The predicted molar refractivity (Wildman–Crippen MR) is 106 cm³/mol. The maximum Gasteiger partial charge on any atom is 0.227 e. The number of halogens is 1. The fourth-order valence-corrected chi connectivity index (χ4v) is 3.41. The number of likely N-dealkylation sites (tertiary alicyclic amines) is 1. The molecule has 0 bridgehead atoms. The minimum absolute atomic E-state index is 0.0474. The SMILES string of the molecule is CCOc1ccccc1NC(=O)C1CCN(Cc2ccc(Cl)cc2)CC1. The molecule has 3 rings (SSSR count). The molecule has 1 fully saturated rings. The number of amides is 1. The monoisotopic (exact) mass is 372 g/mol. The van der Waals surface area contributed by atoms with Crippen LogP contribution in [0.1, 0.15) is 25.3 Å². The lowest BCUT2D eigenvalue weighted by molar-refractivity contribution is -0.121. The topological polar surface area (TPSA) is 41.6 Å². The number of anilines is 1. The molecular weight excluding hydrogens is 348 g/mol. The average molecular weight is 373 g/mol. The summed E-state index contributed by atoms with van der Waals surface area (Å²) < 4.78 is 5.58. The maximum atomic E-state index is 12.6. The quantitative estimate of drug-likeness (QED) is 0.806. The number of piperidine rings is 1. The smallest absolute Gasteiger partial charge is 0.227 e. The van der Waals surface area contributed by atoms with Crippen molar-refractivity contribution in [2.45, 2.75) is 26.3 Å². The summed E-state index contributed by atoms with van der Waals surface area (Å²) in [6, 6.07) is 15.6. The van der Waals surface area contributed by atoms with Gasteiger partial charge < -0.3 is 10.1 Å². The van der Waals surface area contributed by atoms with Crippen LogP contribution in [0.3, 0.4) is 0 Å². The van der Waals surface area contributed by atoms with Crippen molar-refractivity contribution in [3.05, 3.63) is 59.1 Å². The van der Waals surface area contributed by atoms with E-state index >= 15 is 0 Å². The normalized spacial score (nSPS) is 15.6. The number of nitrogens with zero attached hydrogens (tertiary/aromatic N) is 1. The molecule has 1 heterocycles. The molecule has 4 nitrogen and oxygen atoms in total. The van der Waals surface area contributed by atoms with Crippen molar-refractivity contribution in [1.82, 2.24) is 4.90 Å². The zero-order valence-electron chi connectivity index (χ0n) is 15.1. The van der Waals surface area contributed by atoms with Crippen LogP contribution in [0.2, 0.25) is 5.02 Å². The minimum Gasteiger partial charge on any atom is -0.492 e. The molecule has 0 aromatic heterocycles. The third-order valence-electron chi connectivity index (χ3n) is 4.72. The van der Waals surface area contributed by atoms with E-state index in [-0.39, 0.29) is 11.8 Å². The Bertz CT molecular complexity index is 725. The van der Waals surface area contributed by atoms with Gasteiger partial charge in [0.25, 0.3) is 0 Å². The number of rotatable bonds is 6. The number of benzene rings is 2. The Morgan fingerprint density at radius 2 is 1.85 bits per heavy atom. The minimum atomic E-state index is 0.0474. The lowest BCUT2D eigenvalue weighted by Gasteiger charge is -2.31. The highest BCUT2D eigenvalue weighted by molar-refractivity contribution is 6.30. The number of hydrogen-bond donors (Lipinski definition) is 1. The number of carbonyl (C=O) groups excluding carboxylic acids is 1. The highest BCUT2D eigenvalue weighted by atomic mass is 35.5. The second-order valence-corrected chi connectivity index (χ2v) is 7.03. The van der Waals surface area contributed by atoms with E-state index < -0.39 is 0 Å². The summed E-state index contributed by atoms with van der Waals surface area (Å²) in [6.07, 6.45) is 1.74. The van der Waals surface area contributed by atoms with Gasteiger partial charge in [-0.1, -0.05) is 35.9 Å². The molecule has 1 aliphatic heterocycles. The number of ether oxygens (including phenoxy) is 1. The van der Waals surface area contributed by atoms with Gasteiger partial charge in [0.05, 0.1) is 12.3 Å². The van der Waals surface area contributed by atoms with Crippen LogP contribution in [0, 0.1) is 5.92 Å². The first-order chi connectivity index (χ1) is 12.7. The van der Waals surface area contributed by atoms with Crippen LogP contribution in [0.25, 0.3) is 0 Å². The molecule has 2 aromatic carbocycles. The molecule has 1 saturated heterocycles. The van der Waals surface area contributed by atoms with Crippen LogP contribution in [0.5, 0.6) is 5.75 Å². The Kier molecular flexibility index (Phi) is 6.53. The van der Waals surface area contributed by atoms with Crippen molar-refractivity contribution in [3.8, 4) is 5.75 Å². The lowest BCUT2D eigenvalue weighted by Crippen LogP contribution is -2.37. The van der Waals surface area contributed by atoms with Crippen molar-refractivity contribution in [3.63, 3.8) is 0 Å². The summed E-state index contributed by atoms with van der Waals surface area (Å²) in [5.41, 5.74) is 2.01. The Balaban J connectivity index is 1.51. The zero-order chi connectivity index (χ0) is 18.4. The van der Waals surface area contributed by atoms with Gasteiger partial charge >= 0.3 is 0 Å². The van der Waals surface area contributed by atoms with E-state index in [1.807, 2.05) is 43.3 Å². The van der Waals surface area contributed by atoms with Gasteiger partial charge in [-0.25, -0.2) is 0 Å². The van der Waals surface area contributed by atoms with E-state index in [0.717, 1.165) is 48.9 Å². The largest absolute Gasteiger partial charge is 0.492 e. The van der Waals surface area contributed by atoms with Crippen molar-refractivity contribution in [1.29, 1.82) is 0 Å². The van der Waals surface area contributed by atoms with Crippen molar-refractivity contribution in [2.24, 2.45) is 5.92 Å². The Hall–Kier alpha value is -2.04. The molecule has 1 amide bonds. The molecule has 138 valence electrons. The van der Waals surface area contributed by atoms with Gasteiger partial charge in [-0.2, -0.15) is 0 Å². The highest BCUT2D eigenvalue weighted by Gasteiger charge is 2.25. The lowest BCUT2D eigenvalue weighted by atomic mass is 9.95. The summed E-state index contributed by atoms with van der Waals surface area (Å²) >= 11 is 5.94. The average Bonchev–Trinajstić information content (AvgIpc) is 2.66. The first-order valence-electron chi connectivity index (χ1n) is 9.15. The van der Waals surface area contributed by atoms with Crippen LogP contribution in [-0.4, -0.2) is 30.5 Å². The van der Waals surface area contributed by atoms with Crippen LogP contribution < -0.4 is 10.1 Å². The van der Waals surface area contributed by atoms with Gasteiger partial charge in [-0.05, 0) is 62.7 Å². The second-order valence-electron chi connectivity index (χ2n) is 6.60. The summed E-state index contributed by atoms with van der Waals surface area (Å²) in [5, 5.41) is 3.80. The molecule has 1 N–H and O–H groups in total. The first-order valence-corrected chi connectivity index (χ1v) is 9.53. The number of carbonyl (C=O) groups is 1.